The molecule has 0 atom stereocenters. The molecule has 0 aliphatic rings. The average molecular weight is 417 g/mol. The van der Waals surface area contributed by atoms with Gasteiger partial charge in [0.1, 0.15) is 23.1 Å². The van der Waals surface area contributed by atoms with E-state index in [9.17, 15) is 4.39 Å². The monoisotopic (exact) mass is 417 g/mol. The maximum Gasteiger partial charge on any atom is 0.134 e. The van der Waals surface area contributed by atoms with Gasteiger partial charge in [-0.15, -0.1) is 0 Å². The van der Waals surface area contributed by atoms with Crippen LogP contribution in [0.5, 0.6) is 17.2 Å². The summed E-state index contributed by atoms with van der Waals surface area (Å²) in [5.41, 5.74) is 5.20. The molecule has 0 bridgehead atoms. The lowest BCUT2D eigenvalue weighted by Gasteiger charge is -2.14. The van der Waals surface area contributed by atoms with E-state index in [4.69, 9.17) is 14.2 Å². The molecule has 5 heteroatoms. The molecule has 1 heterocycles. The van der Waals surface area contributed by atoms with E-state index < -0.39 is 0 Å². The van der Waals surface area contributed by atoms with Crippen LogP contribution < -0.4 is 14.2 Å². The van der Waals surface area contributed by atoms with Crippen molar-refractivity contribution in [2.75, 3.05) is 21.3 Å². The van der Waals surface area contributed by atoms with E-state index in [1.807, 2.05) is 61.5 Å². The Labute approximate surface area is 181 Å². The Hall–Kier alpha value is -3.73. The first-order valence-electron chi connectivity index (χ1n) is 9.91. The molecule has 0 aliphatic carbocycles. The third kappa shape index (κ3) is 3.87. The summed E-state index contributed by atoms with van der Waals surface area (Å²) in [5.74, 6) is 1.73. The van der Waals surface area contributed by atoms with Gasteiger partial charge < -0.3 is 18.8 Å². The SMILES string of the molecule is COc1ccc(-c2cc(-c3ccc(OC)cc3F)c(C)n2-c2ccc(OC)cc2)cc1. The lowest BCUT2D eigenvalue weighted by atomic mass is 10.0. The fraction of sp³-hybridized carbons (Fsp3) is 0.154. The van der Waals surface area contributed by atoms with Crippen molar-refractivity contribution >= 4 is 0 Å². The van der Waals surface area contributed by atoms with Crippen LogP contribution in [-0.4, -0.2) is 25.9 Å². The van der Waals surface area contributed by atoms with Gasteiger partial charge >= 0.3 is 0 Å². The zero-order valence-electron chi connectivity index (χ0n) is 18.0. The zero-order chi connectivity index (χ0) is 22.0. The maximum absolute atomic E-state index is 14.9. The lowest BCUT2D eigenvalue weighted by molar-refractivity contribution is 0.411. The minimum atomic E-state index is -0.324. The summed E-state index contributed by atoms with van der Waals surface area (Å²) in [6.45, 7) is 2.00. The standard InChI is InChI=1S/C26H24FNO3/c1-17-24(23-14-13-22(31-4)15-25(23)27)16-26(18-5-9-20(29-2)10-6-18)28(17)19-7-11-21(30-3)12-8-19/h5-16H,1-4H3. The van der Waals surface area contributed by atoms with Crippen LogP contribution in [0.15, 0.2) is 72.8 Å². The topological polar surface area (TPSA) is 32.6 Å². The molecule has 0 fully saturated rings. The molecule has 0 saturated carbocycles. The Kier molecular flexibility index (Phi) is 5.67. The van der Waals surface area contributed by atoms with Crippen LogP contribution >= 0.6 is 0 Å². The van der Waals surface area contributed by atoms with Gasteiger partial charge in [0.15, 0.2) is 0 Å². The molecule has 1 aromatic heterocycles. The summed E-state index contributed by atoms with van der Waals surface area (Å²) in [4.78, 5) is 0. The summed E-state index contributed by atoms with van der Waals surface area (Å²) >= 11 is 0. The van der Waals surface area contributed by atoms with Gasteiger partial charge in [-0.25, -0.2) is 4.39 Å². The Morgan fingerprint density at radius 3 is 1.74 bits per heavy atom. The zero-order valence-corrected chi connectivity index (χ0v) is 18.0. The van der Waals surface area contributed by atoms with Gasteiger partial charge in [0, 0.05) is 28.6 Å². The summed E-state index contributed by atoms with van der Waals surface area (Å²) in [5, 5.41) is 0. The summed E-state index contributed by atoms with van der Waals surface area (Å²) < 4.78 is 32.8. The number of halogens is 1. The third-order valence-electron chi connectivity index (χ3n) is 5.43. The van der Waals surface area contributed by atoms with E-state index in [1.165, 1.54) is 13.2 Å². The fourth-order valence-corrected chi connectivity index (χ4v) is 3.76. The maximum atomic E-state index is 14.9. The Balaban J connectivity index is 1.92. The highest BCUT2D eigenvalue weighted by atomic mass is 19.1. The Bertz CT molecular complexity index is 1190. The van der Waals surface area contributed by atoms with E-state index in [1.54, 1.807) is 26.4 Å². The van der Waals surface area contributed by atoms with Gasteiger partial charge in [0.2, 0.25) is 0 Å². The van der Waals surface area contributed by atoms with Crippen molar-refractivity contribution in [3.63, 3.8) is 0 Å². The van der Waals surface area contributed by atoms with Crippen molar-refractivity contribution in [1.29, 1.82) is 0 Å². The minimum absolute atomic E-state index is 0.324. The van der Waals surface area contributed by atoms with E-state index in [2.05, 4.69) is 4.57 Å². The largest absolute Gasteiger partial charge is 0.497 e. The predicted molar refractivity (Wildman–Crippen MR) is 121 cm³/mol. The summed E-state index contributed by atoms with van der Waals surface area (Å²) in [7, 11) is 4.81. The number of aromatic nitrogens is 1. The van der Waals surface area contributed by atoms with Crippen molar-refractivity contribution in [3.8, 4) is 45.3 Å². The Morgan fingerprint density at radius 1 is 0.645 bits per heavy atom. The highest BCUT2D eigenvalue weighted by Crippen LogP contribution is 2.37. The molecular weight excluding hydrogens is 393 g/mol. The first kappa shape index (κ1) is 20.5. The molecule has 0 spiro atoms. The second-order valence-corrected chi connectivity index (χ2v) is 7.14. The molecule has 158 valence electrons. The smallest absolute Gasteiger partial charge is 0.134 e. The molecule has 4 nitrogen and oxygen atoms in total. The summed E-state index contributed by atoms with van der Waals surface area (Å²) in [6, 6.07) is 22.6. The van der Waals surface area contributed by atoms with Gasteiger partial charge in [0.05, 0.1) is 27.0 Å². The van der Waals surface area contributed by atoms with Crippen molar-refractivity contribution in [3.05, 3.63) is 84.3 Å². The van der Waals surface area contributed by atoms with Gasteiger partial charge in [0.25, 0.3) is 0 Å². The number of hydrogen-bond donors (Lipinski definition) is 0. The molecule has 0 aliphatic heterocycles. The molecule has 0 unspecified atom stereocenters. The highest BCUT2D eigenvalue weighted by molar-refractivity contribution is 5.77. The van der Waals surface area contributed by atoms with Gasteiger partial charge in [-0.3, -0.25) is 0 Å². The van der Waals surface area contributed by atoms with Crippen molar-refractivity contribution < 1.29 is 18.6 Å². The number of nitrogens with zero attached hydrogens (tertiary/aromatic N) is 1. The van der Waals surface area contributed by atoms with Crippen LogP contribution in [0.3, 0.4) is 0 Å². The van der Waals surface area contributed by atoms with E-state index in [-0.39, 0.29) is 5.82 Å². The van der Waals surface area contributed by atoms with E-state index in [0.29, 0.717) is 11.3 Å². The Morgan fingerprint density at radius 2 is 1.19 bits per heavy atom. The van der Waals surface area contributed by atoms with Gasteiger partial charge in [-0.2, -0.15) is 0 Å². The van der Waals surface area contributed by atoms with Crippen LogP contribution in [0.4, 0.5) is 4.39 Å². The first-order valence-corrected chi connectivity index (χ1v) is 9.91. The predicted octanol–water partition coefficient (Wildman–Crippen LogP) is 6.28. The summed E-state index contributed by atoms with van der Waals surface area (Å²) in [6.07, 6.45) is 0. The van der Waals surface area contributed by atoms with Crippen molar-refractivity contribution in [2.24, 2.45) is 0 Å². The molecular formula is C26H24FNO3. The molecule has 0 saturated heterocycles. The number of rotatable bonds is 6. The van der Waals surface area contributed by atoms with Crippen LogP contribution in [0, 0.1) is 12.7 Å². The third-order valence-corrected chi connectivity index (χ3v) is 5.43. The van der Waals surface area contributed by atoms with Gasteiger partial charge in [-0.05, 0) is 79.2 Å². The molecule has 0 N–H and O–H groups in total. The second kappa shape index (κ2) is 8.56. The van der Waals surface area contributed by atoms with E-state index in [0.717, 1.165) is 39.7 Å². The van der Waals surface area contributed by atoms with Crippen LogP contribution in [0.2, 0.25) is 0 Å². The molecule has 4 aromatic rings. The molecule has 3 aromatic carbocycles. The quantitative estimate of drug-likeness (QED) is 0.370. The minimum Gasteiger partial charge on any atom is -0.497 e. The van der Waals surface area contributed by atoms with E-state index >= 15 is 0 Å². The molecule has 0 amide bonds. The second-order valence-electron chi connectivity index (χ2n) is 7.14. The number of methoxy groups -OCH3 is 3. The highest BCUT2D eigenvalue weighted by Gasteiger charge is 2.19. The fourth-order valence-electron chi connectivity index (χ4n) is 3.76. The number of ether oxygens (including phenoxy) is 3. The van der Waals surface area contributed by atoms with Crippen LogP contribution in [-0.2, 0) is 0 Å². The number of benzene rings is 3. The van der Waals surface area contributed by atoms with Gasteiger partial charge in [-0.1, -0.05) is 0 Å². The number of hydrogen-bond acceptors (Lipinski definition) is 3. The normalized spacial score (nSPS) is 10.7. The average Bonchev–Trinajstić information content (AvgIpc) is 3.15. The van der Waals surface area contributed by atoms with Crippen LogP contribution in [0.1, 0.15) is 5.69 Å². The van der Waals surface area contributed by atoms with Crippen molar-refractivity contribution in [1.82, 2.24) is 4.57 Å². The van der Waals surface area contributed by atoms with Crippen molar-refractivity contribution in [2.45, 2.75) is 6.92 Å². The molecule has 0 radical (unpaired) electrons. The molecule has 4 rings (SSSR count). The molecule has 31 heavy (non-hydrogen) atoms. The van der Waals surface area contributed by atoms with Crippen LogP contribution in [0.25, 0.3) is 28.1 Å². The first-order chi connectivity index (χ1) is 15.0. The lowest BCUT2D eigenvalue weighted by Crippen LogP contribution is -2.00.